The van der Waals surface area contributed by atoms with Crippen LogP contribution in [0.3, 0.4) is 0 Å². The van der Waals surface area contributed by atoms with Crippen molar-refractivity contribution in [2.24, 2.45) is 0 Å². The molecule has 3 N–H and O–H groups in total. The molecule has 0 atom stereocenters. The molecule has 0 unspecified atom stereocenters. The summed E-state index contributed by atoms with van der Waals surface area (Å²) in [7, 11) is 0. The number of para-hydroxylation sites is 1. The van der Waals surface area contributed by atoms with Gasteiger partial charge in [0.05, 0.1) is 5.57 Å². The van der Waals surface area contributed by atoms with Gasteiger partial charge in [0.25, 0.3) is 0 Å². The summed E-state index contributed by atoms with van der Waals surface area (Å²) in [4.78, 5) is 26.9. The van der Waals surface area contributed by atoms with E-state index in [0.717, 1.165) is 35.4 Å². The molecule has 0 saturated carbocycles. The molecule has 1 aliphatic rings. The van der Waals surface area contributed by atoms with Crippen LogP contribution in [-0.2, 0) is 16.0 Å². The number of aryl methyl sites for hydroxylation is 1. The maximum absolute atomic E-state index is 12.1. The third kappa shape index (κ3) is 2.02. The Balaban J connectivity index is 2.23. The van der Waals surface area contributed by atoms with Gasteiger partial charge >= 0.3 is 0 Å². The number of hydrogen-bond acceptors (Lipinski definition) is 4. The van der Waals surface area contributed by atoms with Crippen LogP contribution in [0.25, 0.3) is 16.5 Å². The van der Waals surface area contributed by atoms with Crippen LogP contribution in [0.2, 0.25) is 0 Å². The van der Waals surface area contributed by atoms with Crippen molar-refractivity contribution in [3.8, 4) is 0 Å². The monoisotopic (exact) mass is 297 g/mol. The normalized spacial score (nSPS) is 15.6. The number of hydrogen-bond donors (Lipinski definition) is 3. The summed E-state index contributed by atoms with van der Waals surface area (Å²) >= 11 is 0. The van der Waals surface area contributed by atoms with Gasteiger partial charge in [-0.15, -0.1) is 0 Å². The fourth-order valence-corrected chi connectivity index (χ4v) is 2.77. The Bertz CT molecular complexity index is 855. The maximum Gasteiger partial charge on any atom is 0.231 e. The molecule has 5 heteroatoms. The number of allylic oxidation sites excluding steroid dienone is 2. The van der Waals surface area contributed by atoms with Crippen LogP contribution in [0.4, 0.5) is 0 Å². The zero-order chi connectivity index (χ0) is 15.9. The lowest BCUT2D eigenvalue weighted by molar-refractivity contribution is -0.117. The molecule has 5 nitrogen and oxygen atoms in total. The third-order valence-corrected chi connectivity index (χ3v) is 3.79. The zero-order valence-electron chi connectivity index (χ0n) is 12.0. The van der Waals surface area contributed by atoms with Crippen LogP contribution in [0, 0.1) is 0 Å². The standard InChI is InChI=1S/C17H15NO4/c1-2-4-9-5-3-6-10-11(8-18-15(9)10)14-16(21)12(19)7-13(20)17(14)22/h3,5-8,18-19,22H,2,4H2,1H3. The van der Waals surface area contributed by atoms with E-state index in [4.69, 9.17) is 0 Å². The number of carbonyl (C=O) groups is 2. The molecule has 0 spiro atoms. The first-order valence-electron chi connectivity index (χ1n) is 7.06. The molecule has 3 rings (SSSR count). The second kappa shape index (κ2) is 5.18. The number of fused-ring (bicyclic) bond motifs is 1. The fraction of sp³-hybridized carbons (Fsp3) is 0.176. The summed E-state index contributed by atoms with van der Waals surface area (Å²) in [6.07, 6.45) is 4.17. The highest BCUT2D eigenvalue weighted by Crippen LogP contribution is 2.32. The van der Waals surface area contributed by atoms with Gasteiger partial charge in [-0.1, -0.05) is 31.5 Å². The van der Waals surface area contributed by atoms with Gasteiger partial charge in [-0.25, -0.2) is 0 Å². The van der Waals surface area contributed by atoms with Gasteiger partial charge in [0, 0.05) is 28.7 Å². The number of nitrogens with one attached hydrogen (secondary N) is 1. The Morgan fingerprint density at radius 1 is 1.18 bits per heavy atom. The molecule has 112 valence electrons. The molecular formula is C17H15NO4. The molecule has 1 aliphatic carbocycles. The number of aromatic nitrogens is 1. The average Bonchev–Trinajstić information content (AvgIpc) is 2.91. The number of aliphatic hydroxyl groups is 2. The van der Waals surface area contributed by atoms with Gasteiger partial charge < -0.3 is 15.2 Å². The molecule has 0 amide bonds. The number of aromatic amines is 1. The first-order valence-corrected chi connectivity index (χ1v) is 7.06. The molecule has 1 heterocycles. The van der Waals surface area contributed by atoms with Crippen LogP contribution < -0.4 is 0 Å². The van der Waals surface area contributed by atoms with Gasteiger partial charge in [0.15, 0.2) is 11.5 Å². The van der Waals surface area contributed by atoms with Crippen molar-refractivity contribution in [3.05, 3.63) is 53.1 Å². The first kappa shape index (κ1) is 14.1. The van der Waals surface area contributed by atoms with Crippen LogP contribution in [0.5, 0.6) is 0 Å². The van der Waals surface area contributed by atoms with E-state index in [2.05, 4.69) is 11.9 Å². The van der Waals surface area contributed by atoms with E-state index < -0.39 is 23.1 Å². The summed E-state index contributed by atoms with van der Waals surface area (Å²) in [5.41, 5.74) is 2.22. The van der Waals surface area contributed by atoms with Crippen molar-refractivity contribution in [1.82, 2.24) is 4.98 Å². The van der Waals surface area contributed by atoms with Crippen LogP contribution in [0.15, 0.2) is 42.0 Å². The van der Waals surface area contributed by atoms with Crippen molar-refractivity contribution in [3.63, 3.8) is 0 Å². The predicted molar refractivity (Wildman–Crippen MR) is 82.6 cm³/mol. The number of H-pyrrole nitrogens is 1. The largest absolute Gasteiger partial charge is 0.504 e. The SMILES string of the molecule is CCCc1cccc2c(C3=C(O)C(=O)C=C(O)C3=O)c[nH]c12. The lowest BCUT2D eigenvalue weighted by Gasteiger charge is -2.12. The van der Waals surface area contributed by atoms with Gasteiger partial charge in [-0.2, -0.15) is 0 Å². The van der Waals surface area contributed by atoms with E-state index in [1.54, 1.807) is 6.20 Å². The minimum atomic E-state index is -0.772. The smallest absolute Gasteiger partial charge is 0.231 e. The van der Waals surface area contributed by atoms with Crippen LogP contribution in [0.1, 0.15) is 24.5 Å². The average molecular weight is 297 g/mol. The highest BCUT2D eigenvalue weighted by Gasteiger charge is 2.31. The minimum Gasteiger partial charge on any atom is -0.504 e. The summed E-state index contributed by atoms with van der Waals surface area (Å²) in [5.74, 6) is -2.81. The maximum atomic E-state index is 12.1. The number of aliphatic hydroxyl groups excluding tert-OH is 2. The van der Waals surface area contributed by atoms with Crippen molar-refractivity contribution in [1.29, 1.82) is 0 Å². The Kier molecular flexibility index (Phi) is 3.33. The fourth-order valence-electron chi connectivity index (χ4n) is 2.77. The zero-order valence-corrected chi connectivity index (χ0v) is 12.0. The molecule has 22 heavy (non-hydrogen) atoms. The van der Waals surface area contributed by atoms with Crippen molar-refractivity contribution >= 4 is 28.0 Å². The van der Waals surface area contributed by atoms with Crippen LogP contribution >= 0.6 is 0 Å². The molecule has 0 saturated heterocycles. The number of ketones is 2. The van der Waals surface area contributed by atoms with E-state index in [1.807, 2.05) is 18.2 Å². The van der Waals surface area contributed by atoms with E-state index >= 15 is 0 Å². The predicted octanol–water partition coefficient (Wildman–Crippen LogP) is 2.98. The molecular weight excluding hydrogens is 282 g/mol. The Hall–Kier alpha value is -2.82. The van der Waals surface area contributed by atoms with E-state index in [1.165, 1.54) is 0 Å². The van der Waals surface area contributed by atoms with Gasteiger partial charge in [-0.3, -0.25) is 9.59 Å². The second-order valence-electron chi connectivity index (χ2n) is 5.24. The van der Waals surface area contributed by atoms with Crippen molar-refractivity contribution < 1.29 is 19.8 Å². The third-order valence-electron chi connectivity index (χ3n) is 3.79. The highest BCUT2D eigenvalue weighted by molar-refractivity contribution is 6.38. The second-order valence-corrected chi connectivity index (χ2v) is 5.24. The van der Waals surface area contributed by atoms with E-state index in [-0.39, 0.29) is 5.57 Å². The minimum absolute atomic E-state index is 0.162. The van der Waals surface area contributed by atoms with E-state index in [0.29, 0.717) is 5.56 Å². The molecule has 1 aromatic heterocycles. The van der Waals surface area contributed by atoms with Crippen molar-refractivity contribution in [2.75, 3.05) is 0 Å². The van der Waals surface area contributed by atoms with Crippen molar-refractivity contribution in [2.45, 2.75) is 19.8 Å². The number of rotatable bonds is 3. The summed E-state index contributed by atoms with van der Waals surface area (Å²) in [5, 5.41) is 20.3. The molecule has 0 bridgehead atoms. The number of Topliss-reactive ketones (excluding diaryl/α,β-unsaturated/α-hetero) is 1. The highest BCUT2D eigenvalue weighted by atomic mass is 16.3. The summed E-state index contributed by atoms with van der Waals surface area (Å²) < 4.78 is 0. The first-order chi connectivity index (χ1) is 10.5. The summed E-state index contributed by atoms with van der Waals surface area (Å²) in [6, 6.07) is 5.67. The van der Waals surface area contributed by atoms with E-state index in [9.17, 15) is 19.8 Å². The Labute approximate surface area is 126 Å². The molecule has 0 aliphatic heterocycles. The van der Waals surface area contributed by atoms with Gasteiger partial charge in [-0.05, 0) is 12.0 Å². The molecule has 1 aromatic carbocycles. The topological polar surface area (TPSA) is 90.4 Å². The molecule has 0 radical (unpaired) electrons. The lowest BCUT2D eigenvalue weighted by Crippen LogP contribution is -2.18. The molecule has 2 aromatic rings. The summed E-state index contributed by atoms with van der Waals surface area (Å²) in [6.45, 7) is 2.07. The quantitative estimate of drug-likeness (QED) is 0.760. The number of benzene rings is 1. The van der Waals surface area contributed by atoms with Gasteiger partial charge in [0.2, 0.25) is 11.6 Å². The lowest BCUT2D eigenvalue weighted by atomic mass is 9.92. The Morgan fingerprint density at radius 3 is 2.68 bits per heavy atom. The Morgan fingerprint density at radius 2 is 1.95 bits per heavy atom. The number of carbonyl (C=O) groups excluding carboxylic acids is 2. The van der Waals surface area contributed by atoms with Gasteiger partial charge in [0.1, 0.15) is 0 Å². The van der Waals surface area contributed by atoms with Crippen LogP contribution in [-0.4, -0.2) is 26.8 Å². The molecule has 0 fully saturated rings.